The average Bonchev–Trinajstić information content (AvgIpc) is 2.93. The number of nitrogens with one attached hydrogen (secondary N) is 1. The van der Waals surface area contributed by atoms with Crippen LogP contribution in [0.25, 0.3) is 11.0 Å². The van der Waals surface area contributed by atoms with Gasteiger partial charge in [0.2, 0.25) is 0 Å². The molecule has 0 aliphatic carbocycles. The number of fused-ring (bicyclic) bond motifs is 3. The van der Waals surface area contributed by atoms with E-state index in [1.165, 1.54) is 4.90 Å². The highest BCUT2D eigenvalue weighted by molar-refractivity contribution is 6.07. The second-order valence-electron chi connectivity index (χ2n) is 7.07. The zero-order valence-corrected chi connectivity index (χ0v) is 15.3. The first-order valence-corrected chi connectivity index (χ1v) is 9.17. The number of imide groups is 1. The van der Waals surface area contributed by atoms with Gasteiger partial charge in [0.15, 0.2) is 5.54 Å². The van der Waals surface area contributed by atoms with Crippen LogP contribution >= 0.6 is 0 Å². The van der Waals surface area contributed by atoms with Crippen molar-refractivity contribution < 1.29 is 14.3 Å². The van der Waals surface area contributed by atoms with Crippen LogP contribution in [-0.4, -0.2) is 33.4 Å². The third-order valence-corrected chi connectivity index (χ3v) is 5.41. The normalized spacial score (nSPS) is 21.0. The van der Waals surface area contributed by atoms with E-state index in [-0.39, 0.29) is 12.5 Å². The first kappa shape index (κ1) is 16.7. The third-order valence-electron chi connectivity index (χ3n) is 5.41. The molecule has 3 aromatic rings. The van der Waals surface area contributed by atoms with Gasteiger partial charge in [0.05, 0.1) is 35.6 Å². The van der Waals surface area contributed by atoms with E-state index in [1.54, 1.807) is 0 Å². The summed E-state index contributed by atoms with van der Waals surface area (Å²) in [5.41, 5.74) is 2.46. The molecule has 0 bridgehead atoms. The average molecular weight is 374 g/mol. The zero-order valence-electron chi connectivity index (χ0n) is 15.3. The van der Waals surface area contributed by atoms with Gasteiger partial charge in [-0.2, -0.15) is 0 Å². The topological polar surface area (TPSA) is 84.4 Å². The summed E-state index contributed by atoms with van der Waals surface area (Å²) < 4.78 is 5.67. The lowest BCUT2D eigenvalue weighted by Gasteiger charge is -2.33. The molecule has 3 heterocycles. The Morgan fingerprint density at radius 1 is 1.07 bits per heavy atom. The smallest absolute Gasteiger partial charge is 0.325 e. The van der Waals surface area contributed by atoms with Crippen LogP contribution in [0.1, 0.15) is 23.4 Å². The van der Waals surface area contributed by atoms with E-state index < -0.39 is 11.6 Å². The van der Waals surface area contributed by atoms with Gasteiger partial charge < -0.3 is 10.1 Å². The van der Waals surface area contributed by atoms with E-state index in [0.29, 0.717) is 35.7 Å². The van der Waals surface area contributed by atoms with Crippen molar-refractivity contribution in [1.29, 1.82) is 0 Å². The van der Waals surface area contributed by atoms with E-state index in [1.807, 2.05) is 55.5 Å². The molecule has 0 saturated carbocycles. The minimum atomic E-state index is -1.08. The van der Waals surface area contributed by atoms with E-state index in [0.717, 1.165) is 11.0 Å². The minimum Gasteiger partial charge on any atom is -0.493 e. The lowest BCUT2D eigenvalue weighted by molar-refractivity contribution is -0.133. The lowest BCUT2D eigenvalue weighted by atomic mass is 9.84. The van der Waals surface area contributed by atoms with Crippen LogP contribution in [0, 0.1) is 6.92 Å². The molecule has 1 saturated heterocycles. The predicted octanol–water partition coefficient (Wildman–Crippen LogP) is 2.67. The largest absolute Gasteiger partial charge is 0.493 e. The number of amides is 3. The quantitative estimate of drug-likeness (QED) is 0.697. The maximum absolute atomic E-state index is 13.4. The summed E-state index contributed by atoms with van der Waals surface area (Å²) in [6.07, 6.45) is 0.396. The number of hydrogen-bond donors (Lipinski definition) is 1. The minimum absolute atomic E-state index is 0.0824. The van der Waals surface area contributed by atoms with Crippen LogP contribution in [0.5, 0.6) is 5.75 Å². The molecule has 1 atom stereocenters. The van der Waals surface area contributed by atoms with Gasteiger partial charge in [-0.25, -0.2) is 14.8 Å². The highest BCUT2D eigenvalue weighted by Gasteiger charge is 2.54. The fourth-order valence-electron chi connectivity index (χ4n) is 3.94. The fourth-order valence-corrected chi connectivity index (χ4v) is 3.94. The SMILES string of the molecule is Cc1nc2ccccc2nc1CN1C(=O)N[C@]2(CCOc3ccccc32)C1=O. The molecule has 1 aromatic heterocycles. The first-order chi connectivity index (χ1) is 13.6. The Balaban J connectivity index is 1.52. The molecule has 2 aliphatic heterocycles. The molecule has 0 unspecified atom stereocenters. The standard InChI is InChI=1S/C21H18N4O3/c1-13-17(23-16-8-4-3-7-15(16)22-13)12-25-19(26)21(24-20(25)27)10-11-28-18-9-5-2-6-14(18)21/h2-9H,10-12H2,1H3,(H,24,27)/t21-/m0/s1. The van der Waals surface area contributed by atoms with Crippen molar-refractivity contribution in [2.24, 2.45) is 0 Å². The molecular weight excluding hydrogens is 356 g/mol. The van der Waals surface area contributed by atoms with Crippen LogP contribution in [0.3, 0.4) is 0 Å². The third kappa shape index (κ3) is 2.36. The van der Waals surface area contributed by atoms with Crippen LogP contribution < -0.4 is 10.1 Å². The second kappa shape index (κ2) is 6.02. The van der Waals surface area contributed by atoms with Gasteiger partial charge >= 0.3 is 6.03 Å². The van der Waals surface area contributed by atoms with E-state index in [2.05, 4.69) is 15.3 Å². The molecule has 1 N–H and O–H groups in total. The fraction of sp³-hybridized carbons (Fsp3) is 0.238. The van der Waals surface area contributed by atoms with Crippen molar-refractivity contribution >= 4 is 23.0 Å². The lowest BCUT2D eigenvalue weighted by Crippen LogP contribution is -2.47. The van der Waals surface area contributed by atoms with Gasteiger partial charge in [-0.1, -0.05) is 30.3 Å². The number of aryl methyl sites for hydroxylation is 1. The number of ether oxygens (including phenoxy) is 1. The summed E-state index contributed by atoms with van der Waals surface area (Å²) >= 11 is 0. The molecule has 1 fully saturated rings. The highest BCUT2D eigenvalue weighted by atomic mass is 16.5. The summed E-state index contributed by atoms with van der Waals surface area (Å²) in [5, 5.41) is 2.91. The molecule has 7 nitrogen and oxygen atoms in total. The molecule has 1 spiro atoms. The Bertz CT molecular complexity index is 1130. The molecule has 2 aliphatic rings. The number of rotatable bonds is 2. The molecule has 0 radical (unpaired) electrons. The first-order valence-electron chi connectivity index (χ1n) is 9.17. The predicted molar refractivity (Wildman–Crippen MR) is 102 cm³/mol. The van der Waals surface area contributed by atoms with E-state index in [9.17, 15) is 9.59 Å². The number of carbonyl (C=O) groups excluding carboxylic acids is 2. The Kier molecular flexibility index (Phi) is 3.58. The molecular formula is C21H18N4O3. The molecule has 3 amide bonds. The van der Waals surface area contributed by atoms with Gasteiger partial charge in [0.25, 0.3) is 5.91 Å². The molecule has 2 aromatic carbocycles. The number of benzene rings is 2. The maximum atomic E-state index is 13.4. The van der Waals surface area contributed by atoms with Crippen LogP contribution in [0.15, 0.2) is 48.5 Å². The number of urea groups is 1. The summed E-state index contributed by atoms with van der Waals surface area (Å²) in [6.45, 7) is 2.29. The molecule has 5 rings (SSSR count). The molecule has 28 heavy (non-hydrogen) atoms. The molecule has 7 heteroatoms. The van der Waals surface area contributed by atoms with Crippen LogP contribution in [0.4, 0.5) is 4.79 Å². The maximum Gasteiger partial charge on any atom is 0.325 e. The zero-order chi connectivity index (χ0) is 19.3. The number of aromatic nitrogens is 2. The van der Waals surface area contributed by atoms with Gasteiger partial charge in [-0.05, 0) is 25.1 Å². The number of para-hydroxylation sites is 3. The van der Waals surface area contributed by atoms with Crippen molar-refractivity contribution in [3.8, 4) is 5.75 Å². The number of carbonyl (C=O) groups is 2. The Morgan fingerprint density at radius 2 is 1.79 bits per heavy atom. The van der Waals surface area contributed by atoms with Crippen LogP contribution in [-0.2, 0) is 16.9 Å². The summed E-state index contributed by atoms with van der Waals surface area (Å²) in [5.74, 6) is 0.355. The van der Waals surface area contributed by atoms with E-state index in [4.69, 9.17) is 4.74 Å². The summed E-state index contributed by atoms with van der Waals surface area (Å²) in [6, 6.07) is 14.5. The van der Waals surface area contributed by atoms with Gasteiger partial charge in [0.1, 0.15) is 5.75 Å². The van der Waals surface area contributed by atoms with Gasteiger partial charge in [-0.3, -0.25) is 9.69 Å². The summed E-state index contributed by atoms with van der Waals surface area (Å²) in [7, 11) is 0. The van der Waals surface area contributed by atoms with Gasteiger partial charge in [-0.15, -0.1) is 0 Å². The second-order valence-corrected chi connectivity index (χ2v) is 7.07. The number of nitrogens with zero attached hydrogens (tertiary/aromatic N) is 3. The van der Waals surface area contributed by atoms with Crippen molar-refractivity contribution in [2.75, 3.05) is 6.61 Å². The Morgan fingerprint density at radius 3 is 2.61 bits per heavy atom. The van der Waals surface area contributed by atoms with Crippen molar-refractivity contribution in [2.45, 2.75) is 25.4 Å². The number of hydrogen-bond acceptors (Lipinski definition) is 5. The monoisotopic (exact) mass is 374 g/mol. The van der Waals surface area contributed by atoms with Crippen molar-refractivity contribution in [3.05, 3.63) is 65.5 Å². The summed E-state index contributed by atoms with van der Waals surface area (Å²) in [4.78, 5) is 36.5. The van der Waals surface area contributed by atoms with Crippen LogP contribution in [0.2, 0.25) is 0 Å². The Labute approximate surface area is 161 Å². The van der Waals surface area contributed by atoms with Crippen molar-refractivity contribution in [3.63, 3.8) is 0 Å². The van der Waals surface area contributed by atoms with Crippen molar-refractivity contribution in [1.82, 2.24) is 20.2 Å². The highest BCUT2D eigenvalue weighted by Crippen LogP contribution is 2.41. The van der Waals surface area contributed by atoms with Gasteiger partial charge in [0, 0.05) is 12.0 Å². The molecule has 140 valence electrons. The Hall–Kier alpha value is -3.48. The van der Waals surface area contributed by atoms with E-state index >= 15 is 0 Å².